The van der Waals surface area contributed by atoms with Gasteiger partial charge in [-0.2, -0.15) is 0 Å². The first-order chi connectivity index (χ1) is 14.3. The Morgan fingerprint density at radius 1 is 1.00 bits per heavy atom. The van der Waals surface area contributed by atoms with Gasteiger partial charge in [0.05, 0.1) is 24.8 Å². The van der Waals surface area contributed by atoms with Crippen molar-refractivity contribution in [1.82, 2.24) is 4.57 Å². The Morgan fingerprint density at radius 3 is 2.40 bits per heavy atom. The summed E-state index contributed by atoms with van der Waals surface area (Å²) in [6.07, 6.45) is 0.0570. The molecule has 6 nitrogen and oxygen atoms in total. The van der Waals surface area contributed by atoms with Gasteiger partial charge >= 0.3 is 4.87 Å². The molecule has 1 amide bonds. The number of halogens is 2. The second-order valence-corrected chi connectivity index (χ2v) is 7.81. The second kappa shape index (κ2) is 7.56. The summed E-state index contributed by atoms with van der Waals surface area (Å²) in [5.74, 6) is -1.37. The van der Waals surface area contributed by atoms with Gasteiger partial charge in [0.2, 0.25) is 5.91 Å². The van der Waals surface area contributed by atoms with Gasteiger partial charge in [-0.15, -0.1) is 0 Å². The van der Waals surface area contributed by atoms with Crippen LogP contribution in [0.15, 0.2) is 41.2 Å². The monoisotopic (exact) mass is 432 g/mol. The van der Waals surface area contributed by atoms with Gasteiger partial charge in [0.1, 0.15) is 5.82 Å². The van der Waals surface area contributed by atoms with Crippen molar-refractivity contribution < 1.29 is 23.0 Å². The molecule has 0 bridgehead atoms. The Bertz CT molecular complexity index is 1200. The topological polar surface area (TPSA) is 60.8 Å². The van der Waals surface area contributed by atoms with Crippen LogP contribution in [0.3, 0.4) is 0 Å². The smallest absolute Gasteiger partial charge is 0.308 e. The molecule has 1 atom stereocenters. The van der Waals surface area contributed by atoms with Gasteiger partial charge in [0.15, 0.2) is 23.1 Å². The van der Waals surface area contributed by atoms with E-state index in [-0.39, 0.29) is 28.8 Å². The molecule has 0 saturated heterocycles. The van der Waals surface area contributed by atoms with Gasteiger partial charge < -0.3 is 9.47 Å². The van der Waals surface area contributed by atoms with E-state index < -0.39 is 11.6 Å². The van der Waals surface area contributed by atoms with Gasteiger partial charge in [-0.05, 0) is 29.8 Å². The highest BCUT2D eigenvalue weighted by atomic mass is 32.1. The molecule has 2 aromatic carbocycles. The molecule has 0 fully saturated rings. The van der Waals surface area contributed by atoms with Crippen molar-refractivity contribution in [3.63, 3.8) is 0 Å². The summed E-state index contributed by atoms with van der Waals surface area (Å²) in [6, 6.07) is 8.57. The first-order valence-corrected chi connectivity index (χ1v) is 9.87. The number of nitrogens with zero attached hydrogens (tertiary/aromatic N) is 2. The van der Waals surface area contributed by atoms with E-state index in [0.29, 0.717) is 22.2 Å². The summed E-state index contributed by atoms with van der Waals surface area (Å²) >= 11 is 1.02. The minimum atomic E-state index is -1.07. The highest BCUT2D eigenvalue weighted by molar-refractivity contribution is 7.10. The van der Waals surface area contributed by atoms with Gasteiger partial charge in [-0.1, -0.05) is 17.4 Å². The molecule has 3 aromatic rings. The number of hydrogen-bond acceptors (Lipinski definition) is 5. The number of rotatable bonds is 4. The van der Waals surface area contributed by atoms with Crippen LogP contribution in [-0.4, -0.2) is 24.7 Å². The molecule has 4 rings (SSSR count). The van der Waals surface area contributed by atoms with E-state index in [1.54, 1.807) is 19.2 Å². The number of hydrogen-bond donors (Lipinski definition) is 0. The van der Waals surface area contributed by atoms with Crippen molar-refractivity contribution in [2.24, 2.45) is 7.05 Å². The number of carbonyl (C=O) groups is 1. The van der Waals surface area contributed by atoms with Crippen LogP contribution >= 0.6 is 11.3 Å². The van der Waals surface area contributed by atoms with Gasteiger partial charge in [-0.25, -0.2) is 8.78 Å². The van der Waals surface area contributed by atoms with Crippen LogP contribution in [0, 0.1) is 11.6 Å². The number of thiazole rings is 1. The van der Waals surface area contributed by atoms with E-state index in [0.717, 1.165) is 29.0 Å². The lowest BCUT2D eigenvalue weighted by atomic mass is 9.90. The molecule has 0 radical (unpaired) electrons. The van der Waals surface area contributed by atoms with E-state index in [2.05, 4.69) is 0 Å². The zero-order valence-corrected chi connectivity index (χ0v) is 17.3. The molecule has 0 saturated carbocycles. The Kier molecular flexibility index (Phi) is 5.07. The largest absolute Gasteiger partial charge is 0.493 e. The maximum Gasteiger partial charge on any atom is 0.308 e. The predicted octanol–water partition coefficient (Wildman–Crippen LogP) is 3.94. The van der Waals surface area contributed by atoms with Crippen LogP contribution in [0.25, 0.3) is 0 Å². The summed E-state index contributed by atoms with van der Waals surface area (Å²) in [5, 5.41) is 0. The van der Waals surface area contributed by atoms with Crippen molar-refractivity contribution in [2.75, 3.05) is 19.1 Å². The highest BCUT2D eigenvalue weighted by Crippen LogP contribution is 2.45. The fraction of sp³-hybridized carbons (Fsp3) is 0.238. The van der Waals surface area contributed by atoms with Crippen molar-refractivity contribution >= 4 is 28.7 Å². The molecule has 1 aliphatic heterocycles. The Balaban J connectivity index is 1.87. The molecule has 1 aliphatic rings. The van der Waals surface area contributed by atoms with Gasteiger partial charge in [0.25, 0.3) is 0 Å². The lowest BCUT2D eigenvalue weighted by Crippen LogP contribution is -2.34. The normalized spacial score (nSPS) is 15.8. The standard InChI is InChI=1S/C21H18F2N2O4S/c1-24-20-19(30-21(24)27)13(11-4-7-16(28-2)17(8-11)29-3)10-18(26)25(20)12-5-6-14(22)15(23)9-12/h4-9,13H,10H2,1-3H3/t13-/m0/s1. The molecule has 156 valence electrons. The van der Waals surface area contributed by atoms with Crippen LogP contribution in [0.2, 0.25) is 0 Å². The number of amides is 1. The number of carbonyl (C=O) groups excluding carboxylic acids is 1. The minimum Gasteiger partial charge on any atom is -0.493 e. The lowest BCUT2D eigenvalue weighted by Gasteiger charge is -2.32. The van der Waals surface area contributed by atoms with E-state index in [9.17, 15) is 18.4 Å². The maximum absolute atomic E-state index is 13.8. The van der Waals surface area contributed by atoms with Crippen LogP contribution < -0.4 is 19.2 Å². The Hall–Kier alpha value is -3.20. The van der Waals surface area contributed by atoms with E-state index in [1.165, 1.54) is 29.8 Å². The maximum atomic E-state index is 13.8. The van der Waals surface area contributed by atoms with E-state index in [4.69, 9.17) is 9.47 Å². The zero-order valence-electron chi connectivity index (χ0n) is 16.4. The average molecular weight is 432 g/mol. The van der Waals surface area contributed by atoms with Gasteiger partial charge in [0, 0.05) is 25.5 Å². The molecule has 0 aliphatic carbocycles. The summed E-state index contributed by atoms with van der Waals surface area (Å²) in [4.78, 5) is 27.3. The molecule has 0 N–H and O–H groups in total. The summed E-state index contributed by atoms with van der Waals surface area (Å²) in [6.45, 7) is 0. The number of ether oxygens (including phenoxy) is 2. The quantitative estimate of drug-likeness (QED) is 0.627. The molecule has 0 unspecified atom stereocenters. The van der Waals surface area contributed by atoms with E-state index >= 15 is 0 Å². The van der Waals surface area contributed by atoms with Crippen LogP contribution in [0.1, 0.15) is 22.8 Å². The van der Waals surface area contributed by atoms with Crippen molar-refractivity contribution in [1.29, 1.82) is 0 Å². The SMILES string of the molecule is COc1ccc([C@@H]2CC(=O)N(c3ccc(F)c(F)c3)c3c2sc(=O)n3C)cc1OC. The fourth-order valence-electron chi connectivity index (χ4n) is 3.65. The predicted molar refractivity (Wildman–Crippen MR) is 109 cm³/mol. The first kappa shape index (κ1) is 20.1. The molecular formula is C21H18F2N2O4S. The summed E-state index contributed by atoms with van der Waals surface area (Å²) in [7, 11) is 4.60. The summed E-state index contributed by atoms with van der Waals surface area (Å²) in [5.41, 5.74) is 0.952. The molecule has 30 heavy (non-hydrogen) atoms. The minimum absolute atomic E-state index is 0.0570. The number of fused-ring (bicyclic) bond motifs is 1. The lowest BCUT2D eigenvalue weighted by molar-refractivity contribution is -0.118. The third-order valence-corrected chi connectivity index (χ3v) is 6.27. The molecule has 0 spiro atoms. The highest BCUT2D eigenvalue weighted by Gasteiger charge is 2.37. The second-order valence-electron chi connectivity index (χ2n) is 6.81. The number of anilines is 2. The van der Waals surface area contributed by atoms with Crippen LogP contribution in [0.4, 0.5) is 20.3 Å². The van der Waals surface area contributed by atoms with Crippen LogP contribution in [0.5, 0.6) is 11.5 Å². The zero-order chi connectivity index (χ0) is 21.6. The Labute approximate surface area is 174 Å². The molecular weight excluding hydrogens is 414 g/mol. The fourth-order valence-corrected chi connectivity index (χ4v) is 4.75. The summed E-state index contributed by atoms with van der Waals surface area (Å²) < 4.78 is 39.2. The number of benzene rings is 2. The van der Waals surface area contributed by atoms with Gasteiger partial charge in [-0.3, -0.25) is 19.1 Å². The average Bonchev–Trinajstić information content (AvgIpc) is 3.03. The Morgan fingerprint density at radius 2 is 1.73 bits per heavy atom. The molecule has 1 aromatic heterocycles. The van der Waals surface area contributed by atoms with Crippen molar-refractivity contribution in [2.45, 2.75) is 12.3 Å². The molecule has 2 heterocycles. The van der Waals surface area contributed by atoms with Crippen LogP contribution in [-0.2, 0) is 11.8 Å². The molecule has 9 heteroatoms. The van der Waals surface area contributed by atoms with Crippen molar-refractivity contribution in [3.8, 4) is 11.5 Å². The third-order valence-electron chi connectivity index (χ3n) is 5.14. The van der Waals surface area contributed by atoms with Crippen molar-refractivity contribution in [3.05, 3.63) is 68.1 Å². The van der Waals surface area contributed by atoms with E-state index in [1.807, 2.05) is 6.07 Å². The third kappa shape index (κ3) is 3.15. The number of methoxy groups -OCH3 is 2. The first-order valence-electron chi connectivity index (χ1n) is 9.05. The number of aromatic nitrogens is 1.